The van der Waals surface area contributed by atoms with Crippen molar-refractivity contribution in [2.75, 3.05) is 26.8 Å². The summed E-state index contributed by atoms with van der Waals surface area (Å²) < 4.78 is 65.0. The number of halogens is 3. The van der Waals surface area contributed by atoms with Gasteiger partial charge in [0.2, 0.25) is 0 Å². The van der Waals surface area contributed by atoms with Crippen molar-refractivity contribution in [1.29, 1.82) is 0 Å². The van der Waals surface area contributed by atoms with Crippen LogP contribution < -0.4 is 0 Å². The molecule has 0 saturated carbocycles. The summed E-state index contributed by atoms with van der Waals surface area (Å²) in [6.07, 6.45) is -4.15. The zero-order valence-corrected chi connectivity index (χ0v) is 11.8. The first-order valence-electron chi connectivity index (χ1n) is 5.38. The molecule has 0 bridgehead atoms. The SMILES string of the molecule is CN(CCCOCC(F)(F)F)S(=O)(=O)c1cccs1. The van der Waals surface area contributed by atoms with E-state index in [2.05, 4.69) is 4.74 Å². The van der Waals surface area contributed by atoms with Gasteiger partial charge in [0, 0.05) is 20.2 Å². The normalized spacial score (nSPS) is 13.1. The van der Waals surface area contributed by atoms with E-state index in [1.54, 1.807) is 11.4 Å². The van der Waals surface area contributed by atoms with Gasteiger partial charge in [-0.2, -0.15) is 13.2 Å². The molecule has 1 rings (SSSR count). The molecule has 1 aromatic heterocycles. The maximum atomic E-state index is 11.9. The highest BCUT2D eigenvalue weighted by atomic mass is 32.2. The number of alkyl halides is 3. The first kappa shape index (κ1) is 16.4. The second-order valence-corrected chi connectivity index (χ2v) is 7.00. The van der Waals surface area contributed by atoms with Gasteiger partial charge in [-0.3, -0.25) is 0 Å². The van der Waals surface area contributed by atoms with E-state index in [1.807, 2.05) is 0 Å². The molecular weight excluding hydrogens is 303 g/mol. The molecule has 0 unspecified atom stereocenters. The Morgan fingerprint density at radius 3 is 2.63 bits per heavy atom. The van der Waals surface area contributed by atoms with Crippen LogP contribution in [-0.2, 0) is 14.8 Å². The minimum atomic E-state index is -4.35. The Hall–Kier alpha value is -0.640. The van der Waals surface area contributed by atoms with Crippen LogP contribution in [0.2, 0.25) is 0 Å². The van der Waals surface area contributed by atoms with Gasteiger partial charge in [0.05, 0.1) is 0 Å². The Labute approximate surface area is 113 Å². The van der Waals surface area contributed by atoms with Crippen molar-refractivity contribution in [3.05, 3.63) is 17.5 Å². The maximum Gasteiger partial charge on any atom is 0.411 e. The molecule has 4 nitrogen and oxygen atoms in total. The van der Waals surface area contributed by atoms with E-state index >= 15 is 0 Å². The van der Waals surface area contributed by atoms with E-state index in [4.69, 9.17) is 0 Å². The number of thiophene rings is 1. The van der Waals surface area contributed by atoms with Crippen LogP contribution in [0.5, 0.6) is 0 Å². The maximum absolute atomic E-state index is 11.9. The van der Waals surface area contributed by atoms with Crippen molar-refractivity contribution in [3.8, 4) is 0 Å². The molecule has 0 aliphatic heterocycles. The zero-order valence-electron chi connectivity index (χ0n) is 10.2. The standard InChI is InChI=1S/C10H14F3NO3S2/c1-14(5-3-6-17-8-10(11,12)13)19(15,16)9-4-2-7-18-9/h2,4,7H,3,5-6,8H2,1H3. The number of sulfonamides is 1. The van der Waals surface area contributed by atoms with Crippen LogP contribution in [-0.4, -0.2) is 45.7 Å². The molecule has 0 radical (unpaired) electrons. The van der Waals surface area contributed by atoms with Crippen LogP contribution in [0.1, 0.15) is 6.42 Å². The van der Waals surface area contributed by atoms with Gasteiger partial charge in [0.1, 0.15) is 10.8 Å². The molecule has 0 atom stereocenters. The lowest BCUT2D eigenvalue weighted by Gasteiger charge is -2.16. The zero-order chi connectivity index (χ0) is 14.5. The van der Waals surface area contributed by atoms with Crippen LogP contribution in [0.3, 0.4) is 0 Å². The summed E-state index contributed by atoms with van der Waals surface area (Å²) in [5.74, 6) is 0. The molecule has 19 heavy (non-hydrogen) atoms. The molecule has 0 amide bonds. The van der Waals surface area contributed by atoms with E-state index in [0.29, 0.717) is 0 Å². The fourth-order valence-electron chi connectivity index (χ4n) is 1.26. The second kappa shape index (κ2) is 6.69. The third-order valence-electron chi connectivity index (χ3n) is 2.19. The summed E-state index contributed by atoms with van der Waals surface area (Å²) in [4.78, 5) is 0. The summed E-state index contributed by atoms with van der Waals surface area (Å²) in [6, 6.07) is 3.11. The lowest BCUT2D eigenvalue weighted by molar-refractivity contribution is -0.174. The topological polar surface area (TPSA) is 46.6 Å². The van der Waals surface area contributed by atoms with E-state index in [1.165, 1.54) is 13.1 Å². The van der Waals surface area contributed by atoms with Crippen molar-refractivity contribution in [2.24, 2.45) is 0 Å². The Kier molecular flexibility index (Phi) is 5.78. The van der Waals surface area contributed by atoms with Crippen molar-refractivity contribution < 1.29 is 26.3 Å². The van der Waals surface area contributed by atoms with Gasteiger partial charge in [0.15, 0.2) is 0 Å². The summed E-state index contributed by atoms with van der Waals surface area (Å²) in [6.45, 7) is -1.34. The Morgan fingerprint density at radius 1 is 1.42 bits per heavy atom. The van der Waals surface area contributed by atoms with Crippen LogP contribution in [0.15, 0.2) is 21.7 Å². The summed E-state index contributed by atoms with van der Waals surface area (Å²) in [7, 11) is -2.15. The minimum absolute atomic E-state index is 0.109. The molecule has 0 aromatic carbocycles. The average molecular weight is 317 g/mol. The third kappa shape index (κ3) is 5.47. The van der Waals surface area contributed by atoms with E-state index in [0.717, 1.165) is 15.6 Å². The van der Waals surface area contributed by atoms with Gasteiger partial charge in [-0.15, -0.1) is 11.3 Å². The first-order chi connectivity index (χ1) is 8.73. The molecule has 0 aliphatic rings. The van der Waals surface area contributed by atoms with Gasteiger partial charge >= 0.3 is 6.18 Å². The Morgan fingerprint density at radius 2 is 2.11 bits per heavy atom. The number of hydrogen-bond acceptors (Lipinski definition) is 4. The van der Waals surface area contributed by atoms with Crippen molar-refractivity contribution in [1.82, 2.24) is 4.31 Å². The van der Waals surface area contributed by atoms with Gasteiger partial charge in [-0.05, 0) is 17.9 Å². The molecule has 1 heterocycles. The fourth-order valence-corrected chi connectivity index (χ4v) is 3.67. The number of nitrogens with zero attached hydrogens (tertiary/aromatic N) is 1. The quantitative estimate of drug-likeness (QED) is 0.725. The second-order valence-electron chi connectivity index (χ2n) is 3.78. The fraction of sp³-hybridized carbons (Fsp3) is 0.600. The first-order valence-corrected chi connectivity index (χ1v) is 7.70. The predicted molar refractivity (Wildman–Crippen MR) is 65.6 cm³/mol. The van der Waals surface area contributed by atoms with E-state index < -0.39 is 22.8 Å². The van der Waals surface area contributed by atoms with Crippen molar-refractivity contribution in [3.63, 3.8) is 0 Å². The Balaban J connectivity index is 2.34. The Bertz CT molecular complexity index is 471. The molecule has 0 N–H and O–H groups in total. The summed E-state index contributed by atoms with van der Waals surface area (Å²) in [5.41, 5.74) is 0. The van der Waals surface area contributed by atoms with Crippen LogP contribution >= 0.6 is 11.3 Å². The number of ether oxygens (including phenoxy) is 1. The average Bonchev–Trinajstić information content (AvgIpc) is 2.80. The van der Waals surface area contributed by atoms with Crippen molar-refractivity contribution in [2.45, 2.75) is 16.8 Å². The third-order valence-corrected chi connectivity index (χ3v) is 5.42. The smallest absolute Gasteiger partial charge is 0.372 e. The predicted octanol–water partition coefficient (Wildman–Crippen LogP) is 2.34. The molecule has 0 spiro atoms. The highest BCUT2D eigenvalue weighted by Crippen LogP contribution is 2.20. The number of hydrogen-bond donors (Lipinski definition) is 0. The van der Waals surface area contributed by atoms with Gasteiger partial charge in [0.25, 0.3) is 10.0 Å². The summed E-state index contributed by atoms with van der Waals surface area (Å²) in [5, 5.41) is 1.65. The van der Waals surface area contributed by atoms with Gasteiger partial charge in [-0.1, -0.05) is 6.07 Å². The highest BCUT2D eigenvalue weighted by molar-refractivity contribution is 7.91. The molecule has 1 aromatic rings. The molecule has 0 saturated heterocycles. The molecular formula is C10H14F3NO3S2. The van der Waals surface area contributed by atoms with Crippen LogP contribution in [0.4, 0.5) is 13.2 Å². The lowest BCUT2D eigenvalue weighted by Crippen LogP contribution is -2.28. The highest BCUT2D eigenvalue weighted by Gasteiger charge is 2.27. The molecule has 110 valence electrons. The summed E-state index contributed by atoms with van der Waals surface area (Å²) >= 11 is 1.10. The molecule has 0 fully saturated rings. The van der Waals surface area contributed by atoms with Crippen LogP contribution in [0, 0.1) is 0 Å². The van der Waals surface area contributed by atoms with Crippen LogP contribution in [0.25, 0.3) is 0 Å². The largest absolute Gasteiger partial charge is 0.411 e. The van der Waals surface area contributed by atoms with Gasteiger partial charge < -0.3 is 4.74 Å². The lowest BCUT2D eigenvalue weighted by atomic mass is 10.4. The van der Waals surface area contributed by atoms with Crippen molar-refractivity contribution >= 4 is 21.4 Å². The van der Waals surface area contributed by atoms with Gasteiger partial charge in [-0.25, -0.2) is 12.7 Å². The molecule has 9 heteroatoms. The van der Waals surface area contributed by atoms with E-state index in [-0.39, 0.29) is 23.8 Å². The molecule has 0 aliphatic carbocycles. The monoisotopic (exact) mass is 317 g/mol. The minimum Gasteiger partial charge on any atom is -0.372 e. The number of rotatable bonds is 7. The van der Waals surface area contributed by atoms with E-state index in [9.17, 15) is 21.6 Å².